The number of carbonyl (C=O) groups is 2. The van der Waals surface area contributed by atoms with Crippen molar-refractivity contribution in [3.63, 3.8) is 0 Å². The smallest absolute Gasteiger partial charge is 0.251 e. The topological polar surface area (TPSA) is 55.4 Å². The molecule has 1 N–H and O–H groups in total. The third-order valence-corrected chi connectivity index (χ3v) is 6.19. The molecule has 0 aliphatic heterocycles. The van der Waals surface area contributed by atoms with Crippen molar-refractivity contribution in [3.05, 3.63) is 138 Å². The summed E-state index contributed by atoms with van der Waals surface area (Å²) in [4.78, 5) is 27.5. The van der Waals surface area contributed by atoms with Gasteiger partial charge in [-0.3, -0.25) is 9.59 Å². The lowest BCUT2D eigenvalue weighted by Crippen LogP contribution is -2.41. The predicted octanol–water partition coefficient (Wildman–Crippen LogP) is 6.06. The number of benzene rings is 4. The van der Waals surface area contributed by atoms with E-state index in [2.05, 4.69) is 5.32 Å². The molecule has 5 heteroatoms. The van der Waals surface area contributed by atoms with Gasteiger partial charge in [-0.25, -0.2) is 0 Å². The minimum atomic E-state index is -0.902. The van der Waals surface area contributed by atoms with Gasteiger partial charge in [0.2, 0.25) is 5.12 Å². The fourth-order valence-electron chi connectivity index (χ4n) is 3.53. The molecule has 0 aliphatic rings. The van der Waals surface area contributed by atoms with Gasteiger partial charge in [0, 0.05) is 10.5 Å². The zero-order chi connectivity index (χ0) is 23.6. The SMILES string of the molecule is O=C(N[C@@H](c1ccccc1)[C@H](OCc1ccccc1)C(=O)Sc1ccccc1)c1ccccc1. The molecule has 0 aliphatic carbocycles. The Hall–Kier alpha value is -3.67. The van der Waals surface area contributed by atoms with Crippen LogP contribution in [0.25, 0.3) is 0 Å². The van der Waals surface area contributed by atoms with Crippen LogP contribution in [0.4, 0.5) is 0 Å². The van der Waals surface area contributed by atoms with Crippen molar-refractivity contribution in [2.24, 2.45) is 0 Å². The number of thioether (sulfide) groups is 1. The van der Waals surface area contributed by atoms with E-state index in [1.807, 2.05) is 109 Å². The maximum absolute atomic E-state index is 13.6. The Kier molecular flexibility index (Phi) is 8.27. The highest BCUT2D eigenvalue weighted by Gasteiger charge is 2.33. The van der Waals surface area contributed by atoms with Gasteiger partial charge in [0.15, 0.2) is 6.10 Å². The molecule has 0 unspecified atom stereocenters. The van der Waals surface area contributed by atoms with Gasteiger partial charge in [-0.2, -0.15) is 0 Å². The molecule has 34 heavy (non-hydrogen) atoms. The normalized spacial score (nSPS) is 12.5. The fraction of sp³-hybridized carbons (Fsp3) is 0.103. The maximum Gasteiger partial charge on any atom is 0.251 e. The second kappa shape index (κ2) is 12.0. The van der Waals surface area contributed by atoms with Crippen LogP contribution in [0.5, 0.6) is 0 Å². The molecular weight excluding hydrogens is 442 g/mol. The van der Waals surface area contributed by atoms with E-state index in [0.29, 0.717) is 5.56 Å². The standard InChI is InChI=1S/C29H25NO3S/c31-28(24-17-9-3-10-18-24)30-26(23-15-7-2-8-16-23)27(33-21-22-13-5-1-6-14-22)29(32)34-25-19-11-4-12-20-25/h1-20,26-27H,21H2,(H,30,31)/t26-,27-/m0/s1. The van der Waals surface area contributed by atoms with Crippen LogP contribution in [0, 0.1) is 0 Å². The second-order valence-electron chi connectivity index (χ2n) is 7.68. The molecule has 0 bridgehead atoms. The third kappa shape index (κ3) is 6.44. The van der Waals surface area contributed by atoms with E-state index in [9.17, 15) is 9.59 Å². The van der Waals surface area contributed by atoms with Crippen molar-refractivity contribution < 1.29 is 14.3 Å². The highest BCUT2D eigenvalue weighted by Crippen LogP contribution is 2.29. The van der Waals surface area contributed by atoms with Crippen LogP contribution in [0.3, 0.4) is 0 Å². The van der Waals surface area contributed by atoms with Crippen molar-refractivity contribution in [2.45, 2.75) is 23.6 Å². The van der Waals surface area contributed by atoms with Gasteiger partial charge in [0.25, 0.3) is 5.91 Å². The second-order valence-corrected chi connectivity index (χ2v) is 8.76. The van der Waals surface area contributed by atoms with E-state index < -0.39 is 12.1 Å². The van der Waals surface area contributed by atoms with Gasteiger partial charge < -0.3 is 10.1 Å². The van der Waals surface area contributed by atoms with Crippen molar-refractivity contribution in [3.8, 4) is 0 Å². The molecule has 0 saturated heterocycles. The zero-order valence-electron chi connectivity index (χ0n) is 18.5. The summed E-state index contributed by atoms with van der Waals surface area (Å²) in [5, 5.41) is 2.88. The molecule has 0 spiro atoms. The summed E-state index contributed by atoms with van der Waals surface area (Å²) in [5.74, 6) is -0.264. The largest absolute Gasteiger partial charge is 0.362 e. The molecule has 0 saturated carbocycles. The highest BCUT2D eigenvalue weighted by molar-refractivity contribution is 8.13. The van der Waals surface area contributed by atoms with Gasteiger partial charge in [-0.15, -0.1) is 0 Å². The monoisotopic (exact) mass is 467 g/mol. The number of ether oxygens (including phenoxy) is 1. The summed E-state index contributed by atoms with van der Waals surface area (Å²) < 4.78 is 6.23. The molecule has 1 amide bonds. The molecule has 170 valence electrons. The first-order chi connectivity index (χ1) is 16.7. The first-order valence-corrected chi connectivity index (χ1v) is 11.9. The van der Waals surface area contributed by atoms with Crippen LogP contribution in [-0.4, -0.2) is 17.1 Å². The number of hydrogen-bond donors (Lipinski definition) is 1. The number of rotatable bonds is 9. The number of amides is 1. The predicted molar refractivity (Wildman–Crippen MR) is 135 cm³/mol. The summed E-state index contributed by atoms with van der Waals surface area (Å²) in [6.45, 7) is 0.247. The van der Waals surface area contributed by atoms with Crippen LogP contribution < -0.4 is 5.32 Å². The van der Waals surface area contributed by atoms with E-state index in [1.54, 1.807) is 12.1 Å². The summed E-state index contributed by atoms with van der Waals surface area (Å²) >= 11 is 1.12. The minimum absolute atomic E-state index is 0.177. The van der Waals surface area contributed by atoms with Gasteiger partial charge >= 0.3 is 0 Å². The van der Waals surface area contributed by atoms with E-state index in [-0.39, 0.29) is 17.6 Å². The molecule has 4 aromatic rings. The average molecular weight is 468 g/mol. The molecule has 4 rings (SSSR count). The Morgan fingerprint density at radius 2 is 1.24 bits per heavy atom. The summed E-state index contributed by atoms with van der Waals surface area (Å²) in [6, 6.07) is 36.9. The molecule has 2 atom stereocenters. The minimum Gasteiger partial charge on any atom is -0.362 e. The Morgan fingerprint density at radius 3 is 1.85 bits per heavy atom. The Labute approximate surface area is 204 Å². The van der Waals surface area contributed by atoms with Crippen LogP contribution in [0.15, 0.2) is 126 Å². The summed E-state index contributed by atoms with van der Waals surface area (Å²) in [6.07, 6.45) is -0.902. The number of hydrogen-bond acceptors (Lipinski definition) is 4. The van der Waals surface area contributed by atoms with Crippen LogP contribution in [-0.2, 0) is 16.1 Å². The third-order valence-electron chi connectivity index (χ3n) is 5.25. The molecule has 0 aromatic heterocycles. The summed E-state index contributed by atoms with van der Waals surface area (Å²) in [7, 11) is 0. The Bertz CT molecular complexity index is 1190. The molecule has 0 heterocycles. The van der Waals surface area contributed by atoms with E-state index >= 15 is 0 Å². The van der Waals surface area contributed by atoms with Crippen molar-refractivity contribution in [1.29, 1.82) is 0 Å². The lowest BCUT2D eigenvalue weighted by Gasteiger charge is -2.27. The summed E-state index contributed by atoms with van der Waals surface area (Å²) in [5.41, 5.74) is 2.27. The lowest BCUT2D eigenvalue weighted by atomic mass is 10.0. The van der Waals surface area contributed by atoms with Crippen molar-refractivity contribution in [2.75, 3.05) is 0 Å². The molecule has 0 fully saturated rings. The number of nitrogens with one attached hydrogen (secondary N) is 1. The van der Waals surface area contributed by atoms with E-state index in [0.717, 1.165) is 27.8 Å². The highest BCUT2D eigenvalue weighted by atomic mass is 32.2. The number of carbonyl (C=O) groups excluding carboxylic acids is 2. The molecule has 4 nitrogen and oxygen atoms in total. The van der Waals surface area contributed by atoms with Crippen LogP contribution >= 0.6 is 11.8 Å². The first-order valence-electron chi connectivity index (χ1n) is 11.0. The van der Waals surface area contributed by atoms with Gasteiger partial charge in [0.05, 0.1) is 12.6 Å². The van der Waals surface area contributed by atoms with Crippen molar-refractivity contribution >= 4 is 22.8 Å². The lowest BCUT2D eigenvalue weighted by molar-refractivity contribution is -0.124. The van der Waals surface area contributed by atoms with Gasteiger partial charge in [0.1, 0.15) is 0 Å². The molecule has 4 aromatic carbocycles. The Balaban J connectivity index is 1.65. The quantitative estimate of drug-likeness (QED) is 0.304. The van der Waals surface area contributed by atoms with Crippen LogP contribution in [0.2, 0.25) is 0 Å². The molecule has 0 radical (unpaired) electrons. The average Bonchev–Trinajstić information content (AvgIpc) is 2.90. The molecular formula is C29H25NO3S. The van der Waals surface area contributed by atoms with E-state index in [4.69, 9.17) is 4.74 Å². The van der Waals surface area contributed by atoms with Crippen LogP contribution in [0.1, 0.15) is 27.5 Å². The zero-order valence-corrected chi connectivity index (χ0v) is 19.4. The van der Waals surface area contributed by atoms with E-state index in [1.165, 1.54) is 0 Å². The van der Waals surface area contributed by atoms with Gasteiger partial charge in [-0.05, 0) is 47.2 Å². The Morgan fingerprint density at radius 1 is 0.706 bits per heavy atom. The van der Waals surface area contributed by atoms with Crippen molar-refractivity contribution in [1.82, 2.24) is 5.32 Å². The van der Waals surface area contributed by atoms with Gasteiger partial charge in [-0.1, -0.05) is 97.1 Å². The fourth-order valence-corrected chi connectivity index (χ4v) is 4.38. The first kappa shape index (κ1) is 23.5. The maximum atomic E-state index is 13.6.